The van der Waals surface area contributed by atoms with E-state index in [1.165, 1.54) is 4.90 Å². The van der Waals surface area contributed by atoms with Crippen LogP contribution in [0.1, 0.15) is 34.3 Å². The van der Waals surface area contributed by atoms with Gasteiger partial charge in [0.05, 0.1) is 11.6 Å². The van der Waals surface area contributed by atoms with E-state index >= 15 is 0 Å². The number of ether oxygens (including phenoxy) is 1. The van der Waals surface area contributed by atoms with Gasteiger partial charge in [-0.1, -0.05) is 28.1 Å². The van der Waals surface area contributed by atoms with Crippen molar-refractivity contribution < 1.29 is 23.8 Å². The number of methoxy groups -OCH3 is 1. The van der Waals surface area contributed by atoms with E-state index in [0.717, 1.165) is 10.0 Å². The minimum Gasteiger partial charge on any atom is -0.503 e. The zero-order valence-electron chi connectivity index (χ0n) is 15.1. The SMILES string of the molecule is COCCCN1C(=O)C(O)=C(C(=O)c2ccc(C)o2)[C@H]1c1ccc(Br)cc1. The fourth-order valence-electron chi connectivity index (χ4n) is 3.18. The molecule has 2 aromatic rings. The van der Waals surface area contributed by atoms with Gasteiger partial charge in [0.25, 0.3) is 5.91 Å². The van der Waals surface area contributed by atoms with E-state index in [0.29, 0.717) is 25.3 Å². The third-order valence-corrected chi connectivity index (χ3v) is 4.97. The molecule has 1 atom stereocenters. The highest BCUT2D eigenvalue weighted by Gasteiger charge is 2.44. The van der Waals surface area contributed by atoms with Gasteiger partial charge in [-0.25, -0.2) is 0 Å². The summed E-state index contributed by atoms with van der Waals surface area (Å²) < 4.78 is 11.4. The Morgan fingerprint density at radius 2 is 1.96 bits per heavy atom. The molecule has 0 bridgehead atoms. The first-order valence-corrected chi connectivity index (χ1v) is 9.33. The lowest BCUT2D eigenvalue weighted by Gasteiger charge is -2.26. The van der Waals surface area contributed by atoms with Crippen LogP contribution in [0.25, 0.3) is 0 Å². The number of hydrogen-bond donors (Lipinski definition) is 1. The zero-order valence-corrected chi connectivity index (χ0v) is 16.7. The summed E-state index contributed by atoms with van der Waals surface area (Å²) in [4.78, 5) is 27.2. The molecule has 1 aromatic carbocycles. The third-order valence-electron chi connectivity index (χ3n) is 4.45. The summed E-state index contributed by atoms with van der Waals surface area (Å²) in [5, 5.41) is 10.5. The Kier molecular flexibility index (Phi) is 5.82. The average molecular weight is 434 g/mol. The number of amides is 1. The van der Waals surface area contributed by atoms with Crippen LogP contribution in [0.4, 0.5) is 0 Å². The Bertz CT molecular complexity index is 884. The van der Waals surface area contributed by atoms with Gasteiger partial charge in [0.15, 0.2) is 11.5 Å². The highest BCUT2D eigenvalue weighted by atomic mass is 79.9. The predicted molar refractivity (Wildman–Crippen MR) is 103 cm³/mol. The number of aryl methyl sites for hydroxylation is 1. The second kappa shape index (κ2) is 8.10. The molecule has 1 aliphatic rings. The monoisotopic (exact) mass is 433 g/mol. The van der Waals surface area contributed by atoms with E-state index in [9.17, 15) is 14.7 Å². The molecule has 1 aliphatic heterocycles. The molecule has 27 heavy (non-hydrogen) atoms. The maximum Gasteiger partial charge on any atom is 0.290 e. The summed E-state index contributed by atoms with van der Waals surface area (Å²) in [6.45, 7) is 2.55. The van der Waals surface area contributed by atoms with Crippen molar-refractivity contribution >= 4 is 27.6 Å². The quantitative estimate of drug-likeness (QED) is 0.527. The number of furan rings is 1. The number of halogens is 1. The van der Waals surface area contributed by atoms with Crippen molar-refractivity contribution in [2.75, 3.05) is 20.3 Å². The second-order valence-corrected chi connectivity index (χ2v) is 7.22. The predicted octanol–water partition coefficient (Wildman–Crippen LogP) is 3.97. The van der Waals surface area contributed by atoms with Crippen molar-refractivity contribution in [3.8, 4) is 0 Å². The minimum atomic E-state index is -0.680. The van der Waals surface area contributed by atoms with Gasteiger partial charge in [-0.05, 0) is 43.2 Å². The molecule has 7 heteroatoms. The van der Waals surface area contributed by atoms with Crippen LogP contribution < -0.4 is 0 Å². The molecule has 1 N–H and O–H groups in total. The number of ketones is 1. The van der Waals surface area contributed by atoms with Gasteiger partial charge in [0.2, 0.25) is 5.78 Å². The van der Waals surface area contributed by atoms with Crippen LogP contribution in [-0.2, 0) is 9.53 Å². The molecule has 0 spiro atoms. The Morgan fingerprint density at radius 3 is 2.56 bits per heavy atom. The number of aliphatic hydroxyl groups is 1. The highest BCUT2D eigenvalue weighted by Crippen LogP contribution is 2.39. The molecule has 0 aliphatic carbocycles. The van der Waals surface area contributed by atoms with E-state index in [1.807, 2.05) is 24.3 Å². The Morgan fingerprint density at radius 1 is 1.26 bits per heavy atom. The molecule has 0 saturated carbocycles. The first-order chi connectivity index (χ1) is 12.9. The molecule has 1 amide bonds. The molecular weight excluding hydrogens is 414 g/mol. The number of Topliss-reactive ketones (excluding diaryl/α,β-unsaturated/α-hetero) is 1. The van der Waals surface area contributed by atoms with Crippen molar-refractivity contribution in [1.82, 2.24) is 4.90 Å². The molecule has 0 radical (unpaired) electrons. The normalized spacial score (nSPS) is 17.1. The summed E-state index contributed by atoms with van der Waals surface area (Å²) in [7, 11) is 1.59. The van der Waals surface area contributed by atoms with Gasteiger partial charge in [-0.2, -0.15) is 0 Å². The van der Waals surface area contributed by atoms with E-state index < -0.39 is 23.5 Å². The summed E-state index contributed by atoms with van der Waals surface area (Å²) in [5.74, 6) is -0.899. The third kappa shape index (κ3) is 3.84. The van der Waals surface area contributed by atoms with Gasteiger partial charge in [-0.3, -0.25) is 9.59 Å². The highest BCUT2D eigenvalue weighted by molar-refractivity contribution is 9.10. The van der Waals surface area contributed by atoms with Gasteiger partial charge < -0.3 is 19.2 Å². The average Bonchev–Trinajstić information content (AvgIpc) is 3.19. The van der Waals surface area contributed by atoms with Crippen LogP contribution in [0.15, 0.2) is 56.6 Å². The fourth-order valence-corrected chi connectivity index (χ4v) is 3.44. The Labute approximate surface area is 165 Å². The first-order valence-electron chi connectivity index (χ1n) is 8.53. The van der Waals surface area contributed by atoms with Gasteiger partial charge in [0.1, 0.15) is 5.76 Å². The number of carbonyl (C=O) groups excluding carboxylic acids is 2. The number of hydrogen-bond acceptors (Lipinski definition) is 5. The Hall–Kier alpha value is -2.38. The standard InChI is InChI=1S/C20H20BrNO5/c1-12-4-9-15(27-12)18(23)16-17(13-5-7-14(21)8-6-13)22(10-3-11-26-2)20(25)19(16)24/h4-9,17,24H,3,10-11H2,1-2H3/t17-/m1/s1. The van der Waals surface area contributed by atoms with Crippen molar-refractivity contribution in [2.24, 2.45) is 0 Å². The fraction of sp³-hybridized carbons (Fsp3) is 0.300. The number of aliphatic hydroxyl groups excluding tert-OH is 1. The molecule has 1 aromatic heterocycles. The van der Waals surface area contributed by atoms with Crippen LogP contribution in [-0.4, -0.2) is 42.0 Å². The first kappa shape index (κ1) is 19.4. The molecule has 2 heterocycles. The number of rotatable bonds is 7. The Balaban J connectivity index is 2.03. The topological polar surface area (TPSA) is 80.0 Å². The van der Waals surface area contributed by atoms with Crippen LogP contribution in [0.3, 0.4) is 0 Å². The lowest BCUT2D eigenvalue weighted by molar-refractivity contribution is -0.129. The van der Waals surface area contributed by atoms with Gasteiger partial charge >= 0.3 is 0 Å². The zero-order chi connectivity index (χ0) is 19.6. The van der Waals surface area contributed by atoms with Crippen molar-refractivity contribution in [2.45, 2.75) is 19.4 Å². The van der Waals surface area contributed by atoms with Crippen molar-refractivity contribution in [1.29, 1.82) is 0 Å². The molecule has 0 fully saturated rings. The minimum absolute atomic E-state index is 0.0362. The van der Waals surface area contributed by atoms with Crippen LogP contribution in [0, 0.1) is 6.92 Å². The summed E-state index contributed by atoms with van der Waals surface area (Å²) >= 11 is 3.39. The van der Waals surface area contributed by atoms with Crippen LogP contribution >= 0.6 is 15.9 Å². The van der Waals surface area contributed by atoms with Crippen LogP contribution in [0.2, 0.25) is 0 Å². The summed E-state index contributed by atoms with van der Waals surface area (Å²) in [5.41, 5.74) is 0.772. The molecule has 0 saturated heterocycles. The summed E-state index contributed by atoms with van der Waals surface area (Å²) in [6, 6.07) is 9.86. The number of carbonyl (C=O) groups is 2. The van der Waals surface area contributed by atoms with E-state index in [4.69, 9.17) is 9.15 Å². The number of benzene rings is 1. The molecule has 3 rings (SSSR count). The van der Waals surface area contributed by atoms with Gasteiger partial charge in [0, 0.05) is 24.7 Å². The largest absolute Gasteiger partial charge is 0.503 e. The summed E-state index contributed by atoms with van der Waals surface area (Å²) in [6.07, 6.45) is 0.587. The van der Waals surface area contributed by atoms with Crippen molar-refractivity contribution in [3.05, 3.63) is 69.3 Å². The molecule has 142 valence electrons. The van der Waals surface area contributed by atoms with E-state index in [2.05, 4.69) is 15.9 Å². The van der Waals surface area contributed by atoms with E-state index in [-0.39, 0.29) is 11.3 Å². The van der Waals surface area contributed by atoms with Crippen LogP contribution in [0.5, 0.6) is 0 Å². The molecular formula is C20H20BrNO5. The molecule has 6 nitrogen and oxygen atoms in total. The van der Waals surface area contributed by atoms with Gasteiger partial charge in [-0.15, -0.1) is 0 Å². The number of nitrogens with zero attached hydrogens (tertiary/aromatic N) is 1. The smallest absolute Gasteiger partial charge is 0.290 e. The molecule has 0 unspecified atom stereocenters. The maximum absolute atomic E-state index is 13.0. The second-order valence-electron chi connectivity index (χ2n) is 6.30. The lowest BCUT2D eigenvalue weighted by Crippen LogP contribution is -2.32. The maximum atomic E-state index is 13.0. The van der Waals surface area contributed by atoms with Crippen molar-refractivity contribution in [3.63, 3.8) is 0 Å². The van der Waals surface area contributed by atoms with E-state index in [1.54, 1.807) is 26.2 Å². The lowest BCUT2D eigenvalue weighted by atomic mass is 9.95.